The van der Waals surface area contributed by atoms with Crippen molar-refractivity contribution in [1.82, 2.24) is 4.31 Å². The van der Waals surface area contributed by atoms with E-state index in [0.29, 0.717) is 39.1 Å². The van der Waals surface area contributed by atoms with E-state index in [-0.39, 0.29) is 16.7 Å². The molecule has 2 rings (SSSR count). The van der Waals surface area contributed by atoms with Crippen LogP contribution < -0.4 is 10.5 Å². The van der Waals surface area contributed by atoms with Crippen LogP contribution in [0, 0.1) is 0 Å². The Morgan fingerprint density at radius 1 is 1.20 bits per heavy atom. The largest absolute Gasteiger partial charge is 0.488 e. The van der Waals surface area contributed by atoms with Crippen LogP contribution in [-0.2, 0) is 14.8 Å². The number of ether oxygens (including phenoxy) is 2. The predicted molar refractivity (Wildman–Crippen MR) is 89.3 cm³/mol. The normalized spacial score (nSPS) is 17.1. The van der Waals surface area contributed by atoms with Gasteiger partial charge in [-0.1, -0.05) is 0 Å². The molecule has 0 saturated carbocycles. The van der Waals surface area contributed by atoms with E-state index in [1.807, 2.05) is 0 Å². The number of piperidine rings is 1. The smallest absolute Gasteiger partial charge is 0.272 e. The lowest BCUT2D eigenvalue weighted by atomic mass is 10.1. The van der Waals surface area contributed by atoms with E-state index < -0.39 is 23.1 Å². The summed E-state index contributed by atoms with van der Waals surface area (Å²) >= 11 is 0. The van der Waals surface area contributed by atoms with Crippen LogP contribution in [0.3, 0.4) is 0 Å². The van der Waals surface area contributed by atoms with Crippen molar-refractivity contribution < 1.29 is 26.7 Å². The third-order valence-corrected chi connectivity index (χ3v) is 5.85. The molecule has 0 aliphatic carbocycles. The van der Waals surface area contributed by atoms with Crippen molar-refractivity contribution in [3.8, 4) is 5.75 Å². The lowest BCUT2D eigenvalue weighted by molar-refractivity contribution is 0.0209. The number of sulfonamides is 1. The van der Waals surface area contributed by atoms with Gasteiger partial charge in [0.15, 0.2) is 0 Å². The highest BCUT2D eigenvalue weighted by molar-refractivity contribution is 7.89. The number of nitrogens with two attached hydrogens (primary N) is 1. The van der Waals surface area contributed by atoms with E-state index in [2.05, 4.69) is 0 Å². The first-order chi connectivity index (χ1) is 11.9. The van der Waals surface area contributed by atoms with Gasteiger partial charge < -0.3 is 15.2 Å². The third kappa shape index (κ3) is 5.88. The Hall–Kier alpha value is -1.29. The fraction of sp³-hybridized carbons (Fsp3) is 0.625. The molecule has 1 aromatic carbocycles. The highest BCUT2D eigenvalue weighted by Gasteiger charge is 2.29. The van der Waals surface area contributed by atoms with E-state index in [9.17, 15) is 17.2 Å². The molecule has 1 heterocycles. The molecule has 0 bridgehead atoms. The summed E-state index contributed by atoms with van der Waals surface area (Å²) in [6.07, 6.45) is -0.447. The summed E-state index contributed by atoms with van der Waals surface area (Å²) in [6, 6.07) is 5.52. The zero-order valence-corrected chi connectivity index (χ0v) is 14.8. The van der Waals surface area contributed by atoms with Crippen LogP contribution in [0.5, 0.6) is 5.75 Å². The summed E-state index contributed by atoms with van der Waals surface area (Å²) in [5, 5.41) is 0. The monoisotopic (exact) mass is 378 g/mol. The summed E-state index contributed by atoms with van der Waals surface area (Å²) < 4.78 is 61.5. The first-order valence-electron chi connectivity index (χ1n) is 8.26. The molecule has 0 atom stereocenters. The van der Waals surface area contributed by atoms with Gasteiger partial charge >= 0.3 is 0 Å². The van der Waals surface area contributed by atoms with Crippen LogP contribution in [-0.4, -0.2) is 58.1 Å². The van der Waals surface area contributed by atoms with Gasteiger partial charge in [-0.2, -0.15) is 4.31 Å². The minimum absolute atomic E-state index is 0.0584. The molecule has 142 valence electrons. The zero-order chi connectivity index (χ0) is 18.3. The molecule has 1 saturated heterocycles. The fourth-order valence-corrected chi connectivity index (χ4v) is 4.06. The van der Waals surface area contributed by atoms with Gasteiger partial charge in [-0.15, -0.1) is 0 Å². The summed E-state index contributed by atoms with van der Waals surface area (Å²) in [7, 11) is -3.60. The average molecular weight is 378 g/mol. The molecular weight excluding hydrogens is 354 g/mol. The Balaban J connectivity index is 1.91. The molecule has 0 amide bonds. The molecule has 6 nitrogen and oxygen atoms in total. The van der Waals surface area contributed by atoms with Gasteiger partial charge in [-0.3, -0.25) is 0 Å². The van der Waals surface area contributed by atoms with Gasteiger partial charge in [0, 0.05) is 19.7 Å². The average Bonchev–Trinajstić information content (AvgIpc) is 2.61. The van der Waals surface area contributed by atoms with Gasteiger partial charge in [0.2, 0.25) is 10.0 Å². The lowest BCUT2D eigenvalue weighted by Gasteiger charge is -2.31. The van der Waals surface area contributed by atoms with Crippen LogP contribution in [0.15, 0.2) is 29.2 Å². The molecule has 25 heavy (non-hydrogen) atoms. The van der Waals surface area contributed by atoms with E-state index in [0.717, 1.165) is 6.42 Å². The second-order valence-corrected chi connectivity index (χ2v) is 7.73. The van der Waals surface area contributed by atoms with Crippen molar-refractivity contribution in [2.24, 2.45) is 5.73 Å². The number of halogens is 2. The molecule has 1 aromatic rings. The second kappa shape index (κ2) is 9.42. The van der Waals surface area contributed by atoms with Gasteiger partial charge in [0.05, 0.1) is 11.0 Å². The SMILES string of the molecule is NCCCOC1CCN(S(=O)(=O)c2ccc(OCC(F)F)cc2)CC1. The number of hydrogen-bond donors (Lipinski definition) is 1. The van der Waals surface area contributed by atoms with Crippen molar-refractivity contribution in [3.05, 3.63) is 24.3 Å². The molecule has 0 unspecified atom stereocenters. The number of nitrogens with zero attached hydrogens (tertiary/aromatic N) is 1. The molecule has 0 spiro atoms. The Bertz CT molecular complexity index is 618. The Kier molecular flexibility index (Phi) is 7.55. The van der Waals surface area contributed by atoms with Crippen molar-refractivity contribution >= 4 is 10.0 Å². The molecular formula is C16H24F2N2O4S. The highest BCUT2D eigenvalue weighted by Crippen LogP contribution is 2.24. The topological polar surface area (TPSA) is 81.9 Å². The first-order valence-corrected chi connectivity index (χ1v) is 9.70. The van der Waals surface area contributed by atoms with Crippen molar-refractivity contribution in [3.63, 3.8) is 0 Å². The van der Waals surface area contributed by atoms with Crippen LogP contribution >= 0.6 is 0 Å². The van der Waals surface area contributed by atoms with Crippen molar-refractivity contribution in [1.29, 1.82) is 0 Å². The first kappa shape index (κ1) is 20.0. The maximum Gasteiger partial charge on any atom is 0.272 e. The van der Waals surface area contributed by atoms with E-state index in [1.54, 1.807) is 0 Å². The molecule has 0 aromatic heterocycles. The Labute approximate surface area is 146 Å². The predicted octanol–water partition coefficient (Wildman–Crippen LogP) is 1.85. The standard InChI is InChI=1S/C16H24F2N2O4S/c17-16(18)12-24-13-2-4-15(5-3-13)25(21,22)20-9-6-14(7-10-20)23-11-1-8-19/h2-5,14,16H,1,6-12,19H2. The quantitative estimate of drug-likeness (QED) is 0.663. The summed E-state index contributed by atoms with van der Waals surface area (Å²) in [4.78, 5) is 0.124. The summed E-state index contributed by atoms with van der Waals surface area (Å²) in [5.74, 6) is 0.214. The molecule has 1 aliphatic heterocycles. The number of benzene rings is 1. The van der Waals surface area contributed by atoms with Crippen molar-refractivity contribution in [2.75, 3.05) is 32.8 Å². The van der Waals surface area contributed by atoms with Gasteiger partial charge in [-0.05, 0) is 50.1 Å². The molecule has 9 heteroatoms. The van der Waals surface area contributed by atoms with Crippen molar-refractivity contribution in [2.45, 2.75) is 36.7 Å². The zero-order valence-electron chi connectivity index (χ0n) is 13.9. The van der Waals surface area contributed by atoms with Gasteiger partial charge in [0.25, 0.3) is 6.43 Å². The van der Waals surface area contributed by atoms with Crippen LogP contribution in [0.4, 0.5) is 8.78 Å². The minimum Gasteiger partial charge on any atom is -0.488 e. The molecule has 1 aliphatic rings. The Morgan fingerprint density at radius 3 is 2.40 bits per heavy atom. The lowest BCUT2D eigenvalue weighted by Crippen LogP contribution is -2.40. The number of rotatable bonds is 9. The van der Waals surface area contributed by atoms with Crippen LogP contribution in [0.25, 0.3) is 0 Å². The third-order valence-electron chi connectivity index (χ3n) is 3.94. The number of alkyl halides is 2. The maximum absolute atomic E-state index is 12.6. The minimum atomic E-state index is -3.60. The van der Waals surface area contributed by atoms with Crippen LogP contribution in [0.1, 0.15) is 19.3 Å². The van der Waals surface area contributed by atoms with E-state index >= 15 is 0 Å². The maximum atomic E-state index is 12.6. The number of hydrogen-bond acceptors (Lipinski definition) is 5. The molecule has 1 fully saturated rings. The fourth-order valence-electron chi connectivity index (χ4n) is 2.59. The molecule has 2 N–H and O–H groups in total. The summed E-state index contributed by atoms with van der Waals surface area (Å²) in [6.45, 7) is 1.22. The van der Waals surface area contributed by atoms with Gasteiger partial charge in [0.1, 0.15) is 12.4 Å². The van der Waals surface area contributed by atoms with E-state index in [4.69, 9.17) is 15.2 Å². The highest BCUT2D eigenvalue weighted by atomic mass is 32.2. The summed E-state index contributed by atoms with van der Waals surface area (Å²) in [5.41, 5.74) is 5.42. The van der Waals surface area contributed by atoms with Gasteiger partial charge in [-0.25, -0.2) is 17.2 Å². The Morgan fingerprint density at radius 2 is 1.84 bits per heavy atom. The van der Waals surface area contributed by atoms with Crippen LogP contribution in [0.2, 0.25) is 0 Å². The molecule has 0 radical (unpaired) electrons. The van der Waals surface area contributed by atoms with E-state index in [1.165, 1.54) is 28.6 Å². The second-order valence-electron chi connectivity index (χ2n) is 5.79.